The number of likely N-dealkylation sites (tertiary alicyclic amines) is 1. The van der Waals surface area contributed by atoms with Gasteiger partial charge in [0.05, 0.1) is 7.11 Å². The lowest BCUT2D eigenvalue weighted by molar-refractivity contribution is -0.271. The number of carbonyl (C=O) groups excluding carboxylic acids is 2. The third-order valence-corrected chi connectivity index (χ3v) is 7.57. The van der Waals surface area contributed by atoms with Crippen molar-refractivity contribution in [1.29, 1.82) is 0 Å². The molecule has 1 unspecified atom stereocenters. The lowest BCUT2D eigenvalue weighted by Crippen LogP contribution is -2.60. The van der Waals surface area contributed by atoms with Crippen LogP contribution in [0.3, 0.4) is 0 Å². The smallest absolute Gasteiger partial charge is 0.430 e. The van der Waals surface area contributed by atoms with Crippen LogP contribution in [0.2, 0.25) is 0 Å². The summed E-state index contributed by atoms with van der Waals surface area (Å²) in [5.41, 5.74) is -3.88. The number of hydrogen-bond acceptors (Lipinski definition) is 4. The second-order valence-electron chi connectivity index (χ2n) is 9.29. The van der Waals surface area contributed by atoms with E-state index >= 15 is 0 Å². The first-order valence-electron chi connectivity index (χ1n) is 11.7. The molecule has 0 radical (unpaired) electrons. The molecule has 10 heteroatoms. The van der Waals surface area contributed by atoms with Gasteiger partial charge in [-0.05, 0) is 30.4 Å². The van der Waals surface area contributed by atoms with Crippen LogP contribution in [0.4, 0.5) is 17.6 Å². The van der Waals surface area contributed by atoms with Crippen molar-refractivity contribution in [2.45, 2.75) is 37.0 Å². The first kappa shape index (κ1) is 25.9. The highest BCUT2D eigenvalue weighted by Crippen LogP contribution is 2.52. The molecule has 4 rings (SSSR count). The molecule has 0 aliphatic carbocycles. The summed E-state index contributed by atoms with van der Waals surface area (Å²) in [5.74, 6) is -2.03. The number of carbonyl (C=O) groups is 2. The second kappa shape index (κ2) is 9.72. The van der Waals surface area contributed by atoms with Crippen molar-refractivity contribution in [3.8, 4) is 5.75 Å². The molecule has 1 N–H and O–H groups in total. The average molecular weight is 509 g/mol. The summed E-state index contributed by atoms with van der Waals surface area (Å²) in [6.07, 6.45) is -4.49. The lowest BCUT2D eigenvalue weighted by Gasteiger charge is -2.50. The Hall–Kier alpha value is -3.14. The molecule has 194 valence electrons. The van der Waals surface area contributed by atoms with Gasteiger partial charge in [-0.25, -0.2) is 4.39 Å². The van der Waals surface area contributed by atoms with Crippen LogP contribution in [0.15, 0.2) is 48.5 Å². The van der Waals surface area contributed by atoms with Gasteiger partial charge in [0.25, 0.3) is 11.5 Å². The highest BCUT2D eigenvalue weighted by Gasteiger charge is 2.64. The molecule has 2 aromatic rings. The SMILES string of the molecule is COc1cccc(F)c1C1CNC(=O)CC12CCN(C(=O)[C@](OC)(c1ccccc1)C(F)(F)F)CC2. The van der Waals surface area contributed by atoms with Crippen molar-refractivity contribution in [3.63, 3.8) is 0 Å². The number of methoxy groups -OCH3 is 2. The molecular formula is C26H28F4N2O4. The summed E-state index contributed by atoms with van der Waals surface area (Å²) in [6, 6.07) is 11.3. The van der Waals surface area contributed by atoms with Gasteiger partial charge >= 0.3 is 6.18 Å². The topological polar surface area (TPSA) is 67.9 Å². The molecule has 1 spiro atoms. The van der Waals surface area contributed by atoms with Crippen LogP contribution in [0.1, 0.15) is 36.3 Å². The molecule has 2 fully saturated rings. The summed E-state index contributed by atoms with van der Waals surface area (Å²) in [7, 11) is 2.30. The molecule has 2 aliphatic heterocycles. The molecule has 2 amide bonds. The Labute approximate surface area is 206 Å². The van der Waals surface area contributed by atoms with E-state index in [1.807, 2.05) is 0 Å². The van der Waals surface area contributed by atoms with Gasteiger partial charge in [-0.3, -0.25) is 9.59 Å². The molecule has 2 aliphatic rings. The number of nitrogens with zero attached hydrogens (tertiary/aromatic N) is 1. The molecule has 2 heterocycles. The van der Waals surface area contributed by atoms with E-state index in [0.29, 0.717) is 11.3 Å². The number of hydrogen-bond donors (Lipinski definition) is 1. The van der Waals surface area contributed by atoms with Gasteiger partial charge in [0.1, 0.15) is 11.6 Å². The van der Waals surface area contributed by atoms with Crippen LogP contribution in [0.25, 0.3) is 0 Å². The normalized spacial score (nSPS) is 21.6. The fourth-order valence-electron chi connectivity index (χ4n) is 5.68. The number of nitrogens with one attached hydrogen (secondary N) is 1. The van der Waals surface area contributed by atoms with Crippen LogP contribution in [0.5, 0.6) is 5.75 Å². The Morgan fingerprint density at radius 1 is 1.06 bits per heavy atom. The monoisotopic (exact) mass is 508 g/mol. The third kappa shape index (κ3) is 4.21. The minimum Gasteiger partial charge on any atom is -0.496 e. The van der Waals surface area contributed by atoms with E-state index in [2.05, 4.69) is 5.32 Å². The lowest BCUT2D eigenvalue weighted by atomic mass is 9.62. The summed E-state index contributed by atoms with van der Waals surface area (Å²) < 4.78 is 68.5. The van der Waals surface area contributed by atoms with Gasteiger partial charge in [-0.2, -0.15) is 13.2 Å². The minimum absolute atomic E-state index is 0.0343. The van der Waals surface area contributed by atoms with Crippen LogP contribution in [-0.2, 0) is 19.9 Å². The quantitative estimate of drug-likeness (QED) is 0.617. The highest BCUT2D eigenvalue weighted by molar-refractivity contribution is 5.88. The third-order valence-electron chi connectivity index (χ3n) is 7.57. The Bertz CT molecular complexity index is 1120. The van der Waals surface area contributed by atoms with E-state index in [0.717, 1.165) is 12.0 Å². The number of benzene rings is 2. The number of alkyl halides is 3. The predicted octanol–water partition coefficient (Wildman–Crippen LogP) is 4.15. The predicted molar refractivity (Wildman–Crippen MR) is 123 cm³/mol. The van der Waals surface area contributed by atoms with E-state index in [4.69, 9.17) is 9.47 Å². The molecule has 2 aromatic carbocycles. The van der Waals surface area contributed by atoms with Crippen LogP contribution >= 0.6 is 0 Å². The molecule has 6 nitrogen and oxygen atoms in total. The van der Waals surface area contributed by atoms with Gasteiger partial charge in [0, 0.05) is 50.2 Å². The molecule has 2 saturated heterocycles. The zero-order valence-corrected chi connectivity index (χ0v) is 20.0. The first-order valence-corrected chi connectivity index (χ1v) is 11.7. The van der Waals surface area contributed by atoms with E-state index in [1.54, 1.807) is 12.1 Å². The van der Waals surface area contributed by atoms with Crippen molar-refractivity contribution in [1.82, 2.24) is 10.2 Å². The van der Waals surface area contributed by atoms with Crippen LogP contribution in [0, 0.1) is 11.2 Å². The summed E-state index contributed by atoms with van der Waals surface area (Å²) in [4.78, 5) is 27.0. The molecule has 0 saturated carbocycles. The van der Waals surface area contributed by atoms with Crippen molar-refractivity contribution >= 4 is 11.8 Å². The number of amides is 2. The van der Waals surface area contributed by atoms with Gasteiger partial charge in [-0.15, -0.1) is 0 Å². The Morgan fingerprint density at radius 3 is 2.31 bits per heavy atom. The van der Waals surface area contributed by atoms with Gasteiger partial charge in [0.2, 0.25) is 5.91 Å². The summed E-state index contributed by atoms with van der Waals surface area (Å²) in [6.45, 7) is 0.0967. The standard InChI is InChI=1S/C26H28F4N2O4/c1-35-20-10-6-9-19(27)22(20)18-16-31-21(33)15-24(18)11-13-32(14-12-24)23(34)25(36-2,26(28,29)30)17-7-4-3-5-8-17/h3-10,18H,11-16H2,1-2H3,(H,31,33)/t18?,25-/m1/s1. The van der Waals surface area contributed by atoms with Crippen LogP contribution in [-0.4, -0.2) is 56.7 Å². The summed E-state index contributed by atoms with van der Waals surface area (Å²) >= 11 is 0. The zero-order valence-electron chi connectivity index (χ0n) is 20.0. The van der Waals surface area contributed by atoms with Gasteiger partial charge < -0.3 is 19.7 Å². The van der Waals surface area contributed by atoms with Gasteiger partial charge in [0.15, 0.2) is 0 Å². The fraction of sp³-hybridized carbons (Fsp3) is 0.462. The van der Waals surface area contributed by atoms with E-state index in [-0.39, 0.29) is 50.4 Å². The highest BCUT2D eigenvalue weighted by atomic mass is 19.4. The second-order valence-corrected chi connectivity index (χ2v) is 9.29. The number of piperidine rings is 2. The largest absolute Gasteiger partial charge is 0.496 e. The van der Waals surface area contributed by atoms with E-state index < -0.39 is 34.8 Å². The Balaban J connectivity index is 1.66. The number of halogens is 4. The maximum atomic E-state index is 15.0. The molecule has 0 aromatic heterocycles. The van der Waals surface area contributed by atoms with Crippen LogP contribution < -0.4 is 10.1 Å². The molecule has 36 heavy (non-hydrogen) atoms. The minimum atomic E-state index is -5.01. The van der Waals surface area contributed by atoms with E-state index in [1.165, 1.54) is 43.5 Å². The fourth-order valence-corrected chi connectivity index (χ4v) is 5.68. The molecular weight excluding hydrogens is 480 g/mol. The Morgan fingerprint density at radius 2 is 1.72 bits per heavy atom. The van der Waals surface area contributed by atoms with E-state index in [9.17, 15) is 27.2 Å². The first-order chi connectivity index (χ1) is 17.1. The number of rotatable bonds is 5. The average Bonchev–Trinajstić information content (AvgIpc) is 2.85. The summed E-state index contributed by atoms with van der Waals surface area (Å²) in [5, 5.41) is 2.78. The maximum Gasteiger partial charge on any atom is 0.430 e. The van der Waals surface area contributed by atoms with Crippen molar-refractivity contribution in [3.05, 3.63) is 65.5 Å². The molecule has 2 atom stereocenters. The Kier molecular flexibility index (Phi) is 7.01. The van der Waals surface area contributed by atoms with Crippen molar-refractivity contribution in [2.75, 3.05) is 33.9 Å². The van der Waals surface area contributed by atoms with Crippen molar-refractivity contribution < 1.29 is 36.6 Å². The molecule has 0 bridgehead atoms. The van der Waals surface area contributed by atoms with Crippen molar-refractivity contribution in [2.24, 2.45) is 5.41 Å². The number of ether oxygens (including phenoxy) is 2. The zero-order chi connectivity index (χ0) is 26.1. The van der Waals surface area contributed by atoms with Gasteiger partial charge in [-0.1, -0.05) is 36.4 Å². The maximum absolute atomic E-state index is 15.0.